The molecular weight excluding hydrogens is 192 g/mol. The van der Waals surface area contributed by atoms with Crippen molar-refractivity contribution in [3.8, 4) is 0 Å². The predicted octanol–water partition coefficient (Wildman–Crippen LogP) is 0.356. The lowest BCUT2D eigenvalue weighted by Gasteiger charge is -2.04. The van der Waals surface area contributed by atoms with E-state index in [2.05, 4.69) is 5.10 Å². The van der Waals surface area contributed by atoms with Crippen molar-refractivity contribution in [3.63, 3.8) is 0 Å². The van der Waals surface area contributed by atoms with Gasteiger partial charge < -0.3 is 11.6 Å². The Morgan fingerprint density at radius 3 is 2.57 bits per heavy atom. The first-order valence-electron chi connectivity index (χ1n) is 3.58. The predicted molar refractivity (Wildman–Crippen MR) is 46.7 cm³/mol. The highest BCUT2D eigenvalue weighted by atomic mass is 19.1. The monoisotopic (exact) mass is 199 g/mol. The summed E-state index contributed by atoms with van der Waals surface area (Å²) in [4.78, 5) is 10.5. The van der Waals surface area contributed by atoms with Crippen LogP contribution in [0.5, 0.6) is 0 Å². The van der Waals surface area contributed by atoms with Gasteiger partial charge >= 0.3 is 0 Å². The van der Waals surface area contributed by atoms with E-state index < -0.39 is 11.6 Å². The Bertz CT molecular complexity index is 404. The first-order chi connectivity index (χ1) is 6.60. The average molecular weight is 199 g/mol. The van der Waals surface area contributed by atoms with E-state index in [0.717, 1.165) is 6.07 Å². The molecule has 0 fully saturated rings. The van der Waals surface area contributed by atoms with Crippen molar-refractivity contribution < 1.29 is 13.6 Å². The summed E-state index contributed by atoms with van der Waals surface area (Å²) in [6.45, 7) is 0. The lowest BCUT2D eigenvalue weighted by atomic mass is 10.1. The molecule has 0 atom stereocenters. The number of carbonyl (C=O) groups excluding carboxylic acids is 1. The van der Waals surface area contributed by atoms with Crippen LogP contribution in [0.1, 0.15) is 15.9 Å². The molecule has 0 bridgehead atoms. The lowest BCUT2D eigenvalue weighted by molar-refractivity contribution is 0.111. The number of rotatable bonds is 2. The van der Waals surface area contributed by atoms with Gasteiger partial charge in [0.05, 0.1) is 5.56 Å². The molecule has 0 unspecified atom stereocenters. The van der Waals surface area contributed by atoms with Gasteiger partial charge in [-0.15, -0.1) is 0 Å². The molecule has 0 saturated carbocycles. The summed E-state index contributed by atoms with van der Waals surface area (Å²) >= 11 is 0. The maximum absolute atomic E-state index is 13.0. The molecule has 1 rings (SSSR count). The van der Waals surface area contributed by atoms with E-state index in [1.54, 1.807) is 0 Å². The molecule has 0 aromatic heterocycles. The smallest absolute Gasteiger partial charge is 0.153 e. The molecule has 14 heavy (non-hydrogen) atoms. The van der Waals surface area contributed by atoms with E-state index in [4.69, 9.17) is 11.6 Å². The molecule has 1 aromatic rings. The fourth-order valence-corrected chi connectivity index (χ4v) is 0.986. The Labute approximate surface area is 78.2 Å². The van der Waals surface area contributed by atoms with E-state index >= 15 is 0 Å². The SMILES string of the molecule is N/N=C(\N)c1cc(F)cc(F)c1C=O. The molecule has 0 saturated heterocycles. The van der Waals surface area contributed by atoms with Gasteiger partial charge in [0.1, 0.15) is 11.6 Å². The summed E-state index contributed by atoms with van der Waals surface area (Å²) in [5.41, 5.74) is 4.73. The number of amidine groups is 1. The fraction of sp³-hybridized carbons (Fsp3) is 0. The molecular formula is C8H7F2N3O. The van der Waals surface area contributed by atoms with Crippen LogP contribution in [0.4, 0.5) is 8.78 Å². The Morgan fingerprint density at radius 2 is 2.07 bits per heavy atom. The first kappa shape index (κ1) is 10.1. The number of halogens is 2. The number of hydrogen-bond acceptors (Lipinski definition) is 3. The van der Waals surface area contributed by atoms with E-state index in [0.29, 0.717) is 6.07 Å². The molecule has 0 aliphatic heterocycles. The van der Waals surface area contributed by atoms with Crippen LogP contribution < -0.4 is 11.6 Å². The van der Waals surface area contributed by atoms with E-state index in [9.17, 15) is 13.6 Å². The zero-order valence-electron chi connectivity index (χ0n) is 7.00. The molecule has 0 radical (unpaired) electrons. The van der Waals surface area contributed by atoms with Crippen molar-refractivity contribution in [2.45, 2.75) is 0 Å². The quantitative estimate of drug-likeness (QED) is 0.237. The summed E-state index contributed by atoms with van der Waals surface area (Å²) in [6, 6.07) is 1.47. The maximum atomic E-state index is 13.0. The molecule has 0 aliphatic rings. The second-order valence-corrected chi connectivity index (χ2v) is 2.48. The van der Waals surface area contributed by atoms with Crippen molar-refractivity contribution >= 4 is 12.1 Å². The van der Waals surface area contributed by atoms with Crippen LogP contribution in [0.3, 0.4) is 0 Å². The zero-order valence-corrected chi connectivity index (χ0v) is 7.00. The maximum Gasteiger partial charge on any atom is 0.153 e. The summed E-state index contributed by atoms with van der Waals surface area (Å²) in [5.74, 6) is 2.68. The Kier molecular flexibility index (Phi) is 2.76. The summed E-state index contributed by atoms with van der Waals surface area (Å²) in [6.07, 6.45) is 0.224. The van der Waals surface area contributed by atoms with Crippen LogP contribution in [0, 0.1) is 11.6 Å². The minimum absolute atomic E-state index is 0.153. The minimum atomic E-state index is -0.999. The normalized spacial score (nSPS) is 11.4. The highest BCUT2D eigenvalue weighted by Gasteiger charge is 2.13. The number of carbonyl (C=O) groups is 1. The fourth-order valence-electron chi connectivity index (χ4n) is 0.986. The standard InChI is InChI=1S/C8H7F2N3O/c9-4-1-5(8(11)13-12)6(3-14)7(10)2-4/h1-3H,12H2,(H2,11,13). The average Bonchev–Trinajstić information content (AvgIpc) is 2.15. The number of hydrazone groups is 1. The van der Waals surface area contributed by atoms with Crippen molar-refractivity contribution in [2.75, 3.05) is 0 Å². The third kappa shape index (κ3) is 1.68. The zero-order chi connectivity index (χ0) is 10.7. The molecule has 4 N–H and O–H groups in total. The van der Waals surface area contributed by atoms with E-state index in [1.165, 1.54) is 0 Å². The van der Waals surface area contributed by atoms with Gasteiger partial charge in [-0.2, -0.15) is 5.10 Å². The minimum Gasteiger partial charge on any atom is -0.382 e. The molecule has 6 heteroatoms. The number of aldehydes is 1. The van der Waals surface area contributed by atoms with Crippen molar-refractivity contribution in [3.05, 3.63) is 34.9 Å². The van der Waals surface area contributed by atoms with Gasteiger partial charge in [-0.1, -0.05) is 0 Å². The first-order valence-corrected chi connectivity index (χ1v) is 3.58. The van der Waals surface area contributed by atoms with E-state index in [-0.39, 0.29) is 23.2 Å². The van der Waals surface area contributed by atoms with Crippen LogP contribution in [-0.2, 0) is 0 Å². The largest absolute Gasteiger partial charge is 0.382 e. The van der Waals surface area contributed by atoms with E-state index in [1.807, 2.05) is 0 Å². The van der Waals surface area contributed by atoms with Crippen LogP contribution in [-0.4, -0.2) is 12.1 Å². The third-order valence-corrected chi connectivity index (χ3v) is 1.63. The molecule has 0 spiro atoms. The Hall–Kier alpha value is -1.98. The topological polar surface area (TPSA) is 81.5 Å². The Morgan fingerprint density at radius 1 is 1.43 bits per heavy atom. The van der Waals surface area contributed by atoms with Crippen molar-refractivity contribution in [1.29, 1.82) is 0 Å². The second kappa shape index (κ2) is 3.82. The van der Waals surface area contributed by atoms with Gasteiger partial charge in [0.2, 0.25) is 0 Å². The van der Waals surface area contributed by atoms with Crippen LogP contribution in [0.25, 0.3) is 0 Å². The highest BCUT2D eigenvalue weighted by Crippen LogP contribution is 2.13. The number of nitrogens with zero attached hydrogens (tertiary/aromatic N) is 1. The second-order valence-electron chi connectivity index (χ2n) is 2.48. The third-order valence-electron chi connectivity index (χ3n) is 1.63. The van der Waals surface area contributed by atoms with Gasteiger partial charge in [0.15, 0.2) is 12.1 Å². The van der Waals surface area contributed by atoms with Crippen molar-refractivity contribution in [1.82, 2.24) is 0 Å². The Balaban J connectivity index is 3.47. The number of hydrogen-bond donors (Lipinski definition) is 2. The summed E-state index contributed by atoms with van der Waals surface area (Å²) in [7, 11) is 0. The molecule has 0 heterocycles. The van der Waals surface area contributed by atoms with Crippen LogP contribution in [0.15, 0.2) is 17.2 Å². The molecule has 4 nitrogen and oxygen atoms in total. The van der Waals surface area contributed by atoms with Crippen LogP contribution in [0.2, 0.25) is 0 Å². The lowest BCUT2D eigenvalue weighted by Crippen LogP contribution is -2.18. The van der Waals surface area contributed by atoms with Crippen LogP contribution >= 0.6 is 0 Å². The number of nitrogens with two attached hydrogens (primary N) is 2. The molecule has 74 valence electrons. The van der Waals surface area contributed by atoms with Gasteiger partial charge in [0, 0.05) is 11.6 Å². The van der Waals surface area contributed by atoms with Crippen molar-refractivity contribution in [2.24, 2.45) is 16.7 Å². The summed E-state index contributed by atoms with van der Waals surface area (Å²) < 4.78 is 25.7. The molecule has 0 aliphatic carbocycles. The highest BCUT2D eigenvalue weighted by molar-refractivity contribution is 6.03. The summed E-state index contributed by atoms with van der Waals surface area (Å²) in [5, 5.41) is 3.05. The van der Waals surface area contributed by atoms with Gasteiger partial charge in [-0.3, -0.25) is 4.79 Å². The van der Waals surface area contributed by atoms with Gasteiger partial charge in [-0.25, -0.2) is 8.78 Å². The van der Waals surface area contributed by atoms with Gasteiger partial charge in [0.25, 0.3) is 0 Å². The molecule has 1 aromatic carbocycles. The number of benzene rings is 1. The van der Waals surface area contributed by atoms with Gasteiger partial charge in [-0.05, 0) is 6.07 Å². The molecule has 0 amide bonds.